The Labute approximate surface area is 108 Å². The van der Waals surface area contributed by atoms with E-state index in [1.807, 2.05) is 0 Å². The van der Waals surface area contributed by atoms with E-state index in [0.717, 1.165) is 12.1 Å². The third kappa shape index (κ3) is 6.46. The molecule has 0 bridgehead atoms. The zero-order valence-electron chi connectivity index (χ0n) is 10.1. The second kappa shape index (κ2) is 7.42. The molecule has 3 N–H and O–H groups in total. The maximum absolute atomic E-state index is 12.8. The first kappa shape index (κ1) is 15.0. The smallest absolute Gasteiger partial charge is 0.303 e. The molecule has 19 heavy (non-hydrogen) atoms. The highest BCUT2D eigenvalue weighted by atomic mass is 19.1. The van der Waals surface area contributed by atoms with Crippen LogP contribution in [0, 0.1) is 11.6 Å². The van der Waals surface area contributed by atoms with Gasteiger partial charge in [-0.2, -0.15) is 0 Å². The highest BCUT2D eigenvalue weighted by Crippen LogP contribution is 2.12. The number of rotatable bonds is 7. The van der Waals surface area contributed by atoms with Gasteiger partial charge in [0.25, 0.3) is 0 Å². The molecule has 1 aromatic rings. The van der Waals surface area contributed by atoms with Crippen LogP contribution < -0.4 is 10.6 Å². The van der Waals surface area contributed by atoms with Crippen molar-refractivity contribution in [3.63, 3.8) is 0 Å². The van der Waals surface area contributed by atoms with Crippen molar-refractivity contribution >= 4 is 17.6 Å². The Balaban J connectivity index is 2.29. The lowest BCUT2D eigenvalue weighted by atomic mass is 10.3. The Morgan fingerprint density at radius 1 is 1.16 bits per heavy atom. The van der Waals surface area contributed by atoms with Crippen LogP contribution in [0.25, 0.3) is 0 Å². The number of amides is 1. The van der Waals surface area contributed by atoms with Crippen molar-refractivity contribution in [2.24, 2.45) is 0 Å². The molecule has 0 aliphatic heterocycles. The van der Waals surface area contributed by atoms with Crippen molar-refractivity contribution in [2.75, 3.05) is 18.4 Å². The molecule has 7 heteroatoms. The van der Waals surface area contributed by atoms with Gasteiger partial charge in [-0.25, -0.2) is 8.78 Å². The molecule has 0 saturated heterocycles. The van der Waals surface area contributed by atoms with Gasteiger partial charge in [0.05, 0.1) is 6.54 Å². The molecule has 5 nitrogen and oxygen atoms in total. The number of nitrogens with one attached hydrogen (secondary N) is 2. The van der Waals surface area contributed by atoms with Gasteiger partial charge in [-0.1, -0.05) is 0 Å². The molecule has 0 spiro atoms. The number of hydrogen-bond donors (Lipinski definition) is 3. The lowest BCUT2D eigenvalue weighted by molar-refractivity contribution is -0.137. The van der Waals surface area contributed by atoms with Gasteiger partial charge in [0.15, 0.2) is 0 Å². The van der Waals surface area contributed by atoms with Crippen molar-refractivity contribution in [1.29, 1.82) is 0 Å². The van der Waals surface area contributed by atoms with Crippen molar-refractivity contribution in [3.05, 3.63) is 29.8 Å². The van der Waals surface area contributed by atoms with E-state index in [4.69, 9.17) is 5.11 Å². The first-order valence-electron chi connectivity index (χ1n) is 5.66. The van der Waals surface area contributed by atoms with E-state index >= 15 is 0 Å². The number of aliphatic carboxylic acids is 1. The number of carbonyl (C=O) groups is 2. The van der Waals surface area contributed by atoms with Crippen molar-refractivity contribution in [2.45, 2.75) is 12.8 Å². The predicted molar refractivity (Wildman–Crippen MR) is 64.7 cm³/mol. The molecule has 104 valence electrons. The average molecular weight is 272 g/mol. The highest BCUT2D eigenvalue weighted by Gasteiger charge is 2.05. The van der Waals surface area contributed by atoms with E-state index in [1.54, 1.807) is 0 Å². The molecule has 0 radical (unpaired) electrons. The van der Waals surface area contributed by atoms with Gasteiger partial charge in [-0.05, 0) is 25.1 Å². The van der Waals surface area contributed by atoms with Gasteiger partial charge >= 0.3 is 5.97 Å². The van der Waals surface area contributed by atoms with E-state index in [-0.39, 0.29) is 18.7 Å². The Kier molecular flexibility index (Phi) is 5.87. The summed E-state index contributed by atoms with van der Waals surface area (Å²) in [6.45, 7) is 0.314. The lowest BCUT2D eigenvalue weighted by Crippen LogP contribution is -2.29. The zero-order valence-corrected chi connectivity index (χ0v) is 10.1. The minimum absolute atomic E-state index is 0.0176. The van der Waals surface area contributed by atoms with Crippen LogP contribution >= 0.6 is 0 Å². The van der Waals surface area contributed by atoms with E-state index in [9.17, 15) is 18.4 Å². The van der Waals surface area contributed by atoms with Crippen LogP contribution in [-0.4, -0.2) is 30.1 Å². The minimum Gasteiger partial charge on any atom is -0.481 e. The summed E-state index contributed by atoms with van der Waals surface area (Å²) in [6.07, 6.45) is 0.418. The molecule has 1 amide bonds. The number of halogens is 2. The summed E-state index contributed by atoms with van der Waals surface area (Å²) in [5, 5.41) is 13.4. The number of anilines is 1. The third-order valence-electron chi connectivity index (χ3n) is 2.18. The third-order valence-corrected chi connectivity index (χ3v) is 2.18. The second-order valence-corrected chi connectivity index (χ2v) is 3.88. The maximum Gasteiger partial charge on any atom is 0.303 e. The van der Waals surface area contributed by atoms with E-state index in [2.05, 4.69) is 10.6 Å². The first-order valence-corrected chi connectivity index (χ1v) is 5.66. The number of carbonyl (C=O) groups excluding carboxylic acids is 1. The van der Waals surface area contributed by atoms with Crippen LogP contribution in [-0.2, 0) is 9.59 Å². The molecule has 0 aliphatic rings. The second-order valence-electron chi connectivity index (χ2n) is 3.88. The summed E-state index contributed by atoms with van der Waals surface area (Å²) in [5.74, 6) is -2.91. The van der Waals surface area contributed by atoms with E-state index in [0.29, 0.717) is 19.0 Å². The molecule has 0 heterocycles. The zero-order chi connectivity index (χ0) is 14.3. The van der Waals surface area contributed by atoms with Crippen LogP contribution in [0.4, 0.5) is 14.5 Å². The van der Waals surface area contributed by atoms with Crippen LogP contribution in [0.2, 0.25) is 0 Å². The number of carboxylic acid groups (broad SMARTS) is 1. The van der Waals surface area contributed by atoms with E-state index in [1.165, 1.54) is 0 Å². The monoisotopic (exact) mass is 272 g/mol. The van der Waals surface area contributed by atoms with Gasteiger partial charge in [-0.3, -0.25) is 9.59 Å². The fourth-order valence-corrected chi connectivity index (χ4v) is 1.40. The highest BCUT2D eigenvalue weighted by molar-refractivity contribution is 5.92. The number of benzene rings is 1. The Bertz CT molecular complexity index is 446. The maximum atomic E-state index is 12.8. The van der Waals surface area contributed by atoms with Crippen LogP contribution in [0.3, 0.4) is 0 Å². The van der Waals surface area contributed by atoms with Crippen LogP contribution in [0.15, 0.2) is 18.2 Å². The summed E-state index contributed by atoms with van der Waals surface area (Å²) >= 11 is 0. The summed E-state index contributed by atoms with van der Waals surface area (Å²) < 4.78 is 25.7. The summed E-state index contributed by atoms with van der Waals surface area (Å²) in [4.78, 5) is 21.6. The van der Waals surface area contributed by atoms with Gasteiger partial charge in [0.2, 0.25) is 5.91 Å². The topological polar surface area (TPSA) is 78.4 Å². The van der Waals surface area contributed by atoms with Crippen molar-refractivity contribution in [1.82, 2.24) is 5.32 Å². The summed E-state index contributed by atoms with van der Waals surface area (Å²) in [6, 6.07) is 2.72. The van der Waals surface area contributed by atoms with Crippen LogP contribution in [0.5, 0.6) is 0 Å². The molecule has 0 aromatic heterocycles. The Hall–Kier alpha value is -2.02. The standard InChI is InChI=1S/C12H14F2N2O3/c13-8-4-9(14)6-10(5-8)16-11(17)7-15-3-1-2-12(18)19/h4-6,15H,1-3,7H2,(H,16,17)(H,18,19). The molecule has 0 saturated carbocycles. The number of hydrogen-bond acceptors (Lipinski definition) is 3. The molecule has 0 aliphatic carbocycles. The lowest BCUT2D eigenvalue weighted by Gasteiger charge is -2.06. The number of carboxylic acids is 1. The van der Waals surface area contributed by atoms with Crippen molar-refractivity contribution < 1.29 is 23.5 Å². The first-order chi connectivity index (χ1) is 8.97. The molecule has 0 fully saturated rings. The Morgan fingerprint density at radius 3 is 2.37 bits per heavy atom. The fraction of sp³-hybridized carbons (Fsp3) is 0.333. The van der Waals surface area contributed by atoms with Gasteiger partial charge in [-0.15, -0.1) is 0 Å². The molecule has 0 atom stereocenters. The van der Waals surface area contributed by atoms with Gasteiger partial charge in [0, 0.05) is 18.2 Å². The van der Waals surface area contributed by atoms with Gasteiger partial charge < -0.3 is 15.7 Å². The fourth-order valence-electron chi connectivity index (χ4n) is 1.40. The summed E-state index contributed by atoms with van der Waals surface area (Å²) in [7, 11) is 0. The molecular weight excluding hydrogens is 258 g/mol. The molecule has 1 rings (SSSR count). The quantitative estimate of drug-likeness (QED) is 0.655. The normalized spacial score (nSPS) is 10.2. The SMILES string of the molecule is O=C(O)CCCNCC(=O)Nc1cc(F)cc(F)c1. The molecule has 0 unspecified atom stereocenters. The average Bonchev–Trinajstić information content (AvgIpc) is 2.26. The largest absolute Gasteiger partial charge is 0.481 e. The van der Waals surface area contributed by atoms with E-state index < -0.39 is 23.5 Å². The molecular formula is C12H14F2N2O3. The minimum atomic E-state index is -0.901. The van der Waals surface area contributed by atoms with Gasteiger partial charge in [0.1, 0.15) is 11.6 Å². The van der Waals surface area contributed by atoms with Crippen molar-refractivity contribution in [3.8, 4) is 0 Å². The molecule has 1 aromatic carbocycles. The predicted octanol–water partition coefficient (Wildman–Crippen LogP) is 1.36. The van der Waals surface area contributed by atoms with Crippen LogP contribution in [0.1, 0.15) is 12.8 Å². The Morgan fingerprint density at radius 2 is 1.79 bits per heavy atom. The summed E-state index contributed by atoms with van der Waals surface area (Å²) in [5.41, 5.74) is 0.0369.